The third-order valence-electron chi connectivity index (χ3n) is 3.64. The lowest BCUT2D eigenvalue weighted by Gasteiger charge is -2.36. The van der Waals surface area contributed by atoms with Gasteiger partial charge in [0.2, 0.25) is 0 Å². The molecule has 0 bridgehead atoms. The highest BCUT2D eigenvalue weighted by molar-refractivity contribution is 4.99. The van der Waals surface area contributed by atoms with E-state index in [1.165, 1.54) is 0 Å². The van der Waals surface area contributed by atoms with E-state index in [-0.39, 0.29) is 0 Å². The molecule has 0 saturated heterocycles. The van der Waals surface area contributed by atoms with Crippen molar-refractivity contribution < 1.29 is 10.2 Å². The Hall–Kier alpha value is -0.870. The first kappa shape index (κ1) is 11.6. The summed E-state index contributed by atoms with van der Waals surface area (Å²) in [7, 11) is 1.90. The number of aliphatic hydroxyl groups excluding tert-OH is 1. The molecule has 1 heterocycles. The minimum atomic E-state index is -0.899. The van der Waals surface area contributed by atoms with Crippen molar-refractivity contribution in [2.24, 2.45) is 7.05 Å². The molecule has 1 aliphatic rings. The summed E-state index contributed by atoms with van der Waals surface area (Å²) in [6.07, 6.45) is 7.89. The fourth-order valence-corrected chi connectivity index (χ4v) is 2.45. The van der Waals surface area contributed by atoms with E-state index in [9.17, 15) is 10.2 Å². The SMILES string of the molecule is Cn1ccnc1CC(O)C1(O)CCCCC1. The normalized spacial score (nSPS) is 21.9. The smallest absolute Gasteiger partial charge is 0.111 e. The van der Waals surface area contributed by atoms with Crippen LogP contribution in [-0.4, -0.2) is 31.5 Å². The van der Waals surface area contributed by atoms with Gasteiger partial charge in [-0.1, -0.05) is 19.3 Å². The van der Waals surface area contributed by atoms with Crippen LogP contribution in [0.5, 0.6) is 0 Å². The van der Waals surface area contributed by atoms with Crippen molar-refractivity contribution in [3.05, 3.63) is 18.2 Å². The predicted molar refractivity (Wildman–Crippen MR) is 61.0 cm³/mol. The van der Waals surface area contributed by atoms with Crippen molar-refractivity contribution in [3.63, 3.8) is 0 Å². The van der Waals surface area contributed by atoms with Gasteiger partial charge in [-0.05, 0) is 12.8 Å². The van der Waals surface area contributed by atoms with Gasteiger partial charge in [0.05, 0.1) is 11.7 Å². The van der Waals surface area contributed by atoms with Gasteiger partial charge in [-0.3, -0.25) is 0 Å². The van der Waals surface area contributed by atoms with Crippen LogP contribution >= 0.6 is 0 Å². The lowest BCUT2D eigenvalue weighted by atomic mass is 9.79. The molecule has 1 atom stereocenters. The molecule has 1 aromatic heterocycles. The molecular formula is C12H20N2O2. The van der Waals surface area contributed by atoms with E-state index in [1.54, 1.807) is 6.20 Å². The number of aryl methyl sites for hydroxylation is 1. The van der Waals surface area contributed by atoms with Gasteiger partial charge >= 0.3 is 0 Å². The molecular weight excluding hydrogens is 204 g/mol. The van der Waals surface area contributed by atoms with Crippen LogP contribution in [0.4, 0.5) is 0 Å². The van der Waals surface area contributed by atoms with Crippen molar-refractivity contribution in [2.75, 3.05) is 0 Å². The molecule has 4 nitrogen and oxygen atoms in total. The Morgan fingerprint density at radius 2 is 2.12 bits per heavy atom. The van der Waals surface area contributed by atoms with E-state index >= 15 is 0 Å². The van der Waals surface area contributed by atoms with Gasteiger partial charge in [0.15, 0.2) is 0 Å². The van der Waals surface area contributed by atoms with Gasteiger partial charge in [0.1, 0.15) is 5.82 Å². The minimum Gasteiger partial charge on any atom is -0.390 e. The predicted octanol–water partition coefficient (Wildman–Crippen LogP) is 1.02. The molecule has 1 aliphatic carbocycles. The summed E-state index contributed by atoms with van der Waals surface area (Å²) in [6, 6.07) is 0. The molecule has 0 spiro atoms. The molecule has 0 amide bonds. The maximum Gasteiger partial charge on any atom is 0.111 e. The fourth-order valence-electron chi connectivity index (χ4n) is 2.45. The van der Waals surface area contributed by atoms with Gasteiger partial charge < -0.3 is 14.8 Å². The summed E-state index contributed by atoms with van der Waals surface area (Å²) in [5.41, 5.74) is -0.899. The molecule has 2 N–H and O–H groups in total. The van der Waals surface area contributed by atoms with Crippen LogP contribution < -0.4 is 0 Å². The average molecular weight is 224 g/mol. The lowest BCUT2D eigenvalue weighted by Crippen LogP contribution is -2.45. The van der Waals surface area contributed by atoms with Crippen LogP contribution in [0.1, 0.15) is 37.9 Å². The zero-order chi connectivity index (χ0) is 11.6. The number of aromatic nitrogens is 2. The van der Waals surface area contributed by atoms with Crippen molar-refractivity contribution in [1.82, 2.24) is 9.55 Å². The van der Waals surface area contributed by atoms with Crippen molar-refractivity contribution in [1.29, 1.82) is 0 Å². The molecule has 16 heavy (non-hydrogen) atoms. The van der Waals surface area contributed by atoms with E-state index < -0.39 is 11.7 Å². The van der Waals surface area contributed by atoms with E-state index in [1.807, 2.05) is 17.8 Å². The van der Waals surface area contributed by atoms with E-state index in [0.717, 1.165) is 25.1 Å². The Morgan fingerprint density at radius 1 is 1.44 bits per heavy atom. The highest BCUT2D eigenvalue weighted by Crippen LogP contribution is 2.32. The molecule has 1 unspecified atom stereocenters. The quantitative estimate of drug-likeness (QED) is 0.806. The largest absolute Gasteiger partial charge is 0.390 e. The second-order valence-electron chi connectivity index (χ2n) is 4.84. The van der Waals surface area contributed by atoms with Crippen molar-refractivity contribution >= 4 is 0 Å². The molecule has 0 radical (unpaired) electrons. The Kier molecular flexibility index (Phi) is 3.30. The Labute approximate surface area is 95.9 Å². The molecule has 90 valence electrons. The maximum atomic E-state index is 10.3. The number of rotatable bonds is 3. The van der Waals surface area contributed by atoms with Crippen LogP contribution in [0.2, 0.25) is 0 Å². The van der Waals surface area contributed by atoms with Crippen LogP contribution in [-0.2, 0) is 13.5 Å². The van der Waals surface area contributed by atoms with Gasteiger partial charge in [0, 0.05) is 25.9 Å². The summed E-state index contributed by atoms with van der Waals surface area (Å²) in [5.74, 6) is 0.825. The number of imidazole rings is 1. The third kappa shape index (κ3) is 2.28. The fraction of sp³-hybridized carbons (Fsp3) is 0.750. The summed E-state index contributed by atoms with van der Waals surface area (Å²) in [6.45, 7) is 0. The third-order valence-corrected chi connectivity index (χ3v) is 3.64. The second-order valence-corrected chi connectivity index (χ2v) is 4.84. The summed E-state index contributed by atoms with van der Waals surface area (Å²) in [4.78, 5) is 4.17. The van der Waals surface area contributed by atoms with Crippen LogP contribution in [0.15, 0.2) is 12.4 Å². The monoisotopic (exact) mass is 224 g/mol. The highest BCUT2D eigenvalue weighted by atomic mass is 16.3. The van der Waals surface area contributed by atoms with Gasteiger partial charge in [-0.25, -0.2) is 4.98 Å². The van der Waals surface area contributed by atoms with Gasteiger partial charge in [0.25, 0.3) is 0 Å². The molecule has 1 fully saturated rings. The molecule has 1 saturated carbocycles. The van der Waals surface area contributed by atoms with E-state index in [2.05, 4.69) is 4.98 Å². The molecule has 2 rings (SSSR count). The van der Waals surface area contributed by atoms with Crippen LogP contribution in [0.3, 0.4) is 0 Å². The topological polar surface area (TPSA) is 58.3 Å². The number of aliphatic hydroxyl groups is 2. The first-order valence-corrected chi connectivity index (χ1v) is 5.98. The zero-order valence-corrected chi connectivity index (χ0v) is 9.76. The van der Waals surface area contributed by atoms with Crippen LogP contribution in [0.25, 0.3) is 0 Å². The molecule has 0 aromatic carbocycles. The maximum absolute atomic E-state index is 10.3. The van der Waals surface area contributed by atoms with E-state index in [0.29, 0.717) is 19.3 Å². The van der Waals surface area contributed by atoms with Crippen molar-refractivity contribution in [3.8, 4) is 0 Å². The molecule has 1 aromatic rings. The minimum absolute atomic E-state index is 0.431. The average Bonchev–Trinajstić information content (AvgIpc) is 2.65. The lowest BCUT2D eigenvalue weighted by molar-refractivity contribution is -0.0968. The first-order valence-electron chi connectivity index (χ1n) is 5.98. The van der Waals surface area contributed by atoms with Crippen molar-refractivity contribution in [2.45, 2.75) is 50.2 Å². The van der Waals surface area contributed by atoms with Gasteiger partial charge in [-0.2, -0.15) is 0 Å². The summed E-state index contributed by atoms with van der Waals surface area (Å²) in [5, 5.41) is 20.5. The van der Waals surface area contributed by atoms with Crippen LogP contribution in [0, 0.1) is 0 Å². The number of nitrogens with zero attached hydrogens (tertiary/aromatic N) is 2. The van der Waals surface area contributed by atoms with Gasteiger partial charge in [-0.15, -0.1) is 0 Å². The zero-order valence-electron chi connectivity index (χ0n) is 9.76. The second kappa shape index (κ2) is 4.55. The highest BCUT2D eigenvalue weighted by Gasteiger charge is 2.37. The number of hydrogen-bond acceptors (Lipinski definition) is 3. The Bertz CT molecular complexity index is 343. The molecule has 4 heteroatoms. The Morgan fingerprint density at radius 3 is 2.69 bits per heavy atom. The summed E-state index contributed by atoms with van der Waals surface area (Å²) < 4.78 is 1.88. The summed E-state index contributed by atoms with van der Waals surface area (Å²) >= 11 is 0. The Balaban J connectivity index is 2.01. The number of hydrogen-bond donors (Lipinski definition) is 2. The standard InChI is InChI=1S/C12H20N2O2/c1-14-8-7-13-11(14)9-10(15)12(16)5-3-2-4-6-12/h7-8,10,15-16H,2-6,9H2,1H3. The molecule has 0 aliphatic heterocycles. The van der Waals surface area contributed by atoms with E-state index in [4.69, 9.17) is 0 Å². The first-order chi connectivity index (χ1) is 7.62.